The number of methoxy groups -OCH3 is 2. The summed E-state index contributed by atoms with van der Waals surface area (Å²) in [7, 11) is 2.98. The second-order valence-corrected chi connectivity index (χ2v) is 8.02. The molecule has 0 saturated carbocycles. The molecule has 1 unspecified atom stereocenters. The van der Waals surface area contributed by atoms with E-state index >= 15 is 0 Å². The van der Waals surface area contributed by atoms with Crippen LogP contribution in [0, 0.1) is 5.95 Å². The minimum Gasteiger partial charge on any atom is -0.495 e. The molecule has 1 atom stereocenters. The molecule has 3 aromatic rings. The smallest absolute Gasteiger partial charge is 0.329 e. The molecule has 182 valence electrons. The van der Waals surface area contributed by atoms with E-state index in [0.717, 1.165) is 12.8 Å². The Morgan fingerprint density at radius 3 is 2.62 bits per heavy atom. The van der Waals surface area contributed by atoms with Gasteiger partial charge in [0.25, 0.3) is 5.56 Å². The number of esters is 1. The number of benzene rings is 1. The van der Waals surface area contributed by atoms with Gasteiger partial charge in [-0.25, -0.2) is 9.78 Å². The van der Waals surface area contributed by atoms with Gasteiger partial charge in [-0.05, 0) is 24.6 Å². The second kappa shape index (κ2) is 11.8. The number of ether oxygens (including phenoxy) is 3. The van der Waals surface area contributed by atoms with E-state index in [0.29, 0.717) is 27.6 Å². The Hall–Kier alpha value is -3.17. The van der Waals surface area contributed by atoms with Crippen LogP contribution >= 0.6 is 11.6 Å². The topological polar surface area (TPSA) is 84.6 Å². The fourth-order valence-corrected chi connectivity index (χ4v) is 3.71. The van der Waals surface area contributed by atoms with E-state index < -0.39 is 23.5 Å². The van der Waals surface area contributed by atoms with E-state index in [-0.39, 0.29) is 19.6 Å². The van der Waals surface area contributed by atoms with Crippen LogP contribution in [0.3, 0.4) is 0 Å². The number of nitrogens with zero attached hydrogens (tertiary/aromatic N) is 3. The number of aromatic nitrogens is 3. The number of imidazole rings is 1. The van der Waals surface area contributed by atoms with Gasteiger partial charge >= 0.3 is 5.97 Å². The number of carbonyl (C=O) groups is 1. The van der Waals surface area contributed by atoms with Crippen LogP contribution in [-0.4, -0.2) is 47.5 Å². The molecule has 0 spiro atoms. The van der Waals surface area contributed by atoms with Crippen LogP contribution in [0.15, 0.2) is 47.8 Å². The quantitative estimate of drug-likeness (QED) is 0.291. The fraction of sp³-hybridized carbons (Fsp3) is 0.375. The van der Waals surface area contributed by atoms with Gasteiger partial charge in [0.05, 0.1) is 31.8 Å². The third-order valence-electron chi connectivity index (χ3n) is 5.29. The van der Waals surface area contributed by atoms with Crippen molar-refractivity contribution in [1.82, 2.24) is 14.1 Å². The van der Waals surface area contributed by atoms with Gasteiger partial charge in [-0.3, -0.25) is 9.36 Å². The monoisotopic (exact) mass is 491 g/mol. The van der Waals surface area contributed by atoms with Crippen molar-refractivity contribution < 1.29 is 23.4 Å². The average molecular weight is 492 g/mol. The van der Waals surface area contributed by atoms with Crippen molar-refractivity contribution in [2.75, 3.05) is 27.4 Å². The number of carbonyl (C=O) groups excluding carboxylic acids is 1. The Kier molecular flexibility index (Phi) is 8.84. The standard InChI is InChI=1S/C24H27ClFN3O5/c1-4-5-9-34-24(31)20(8-10-32-2)29-13-21(33-3)18(12-23(29)30)17-11-16(25)6-7-19(17)28-14-22(26)27-15-28/h6-7,11-15,20H,4-5,8-10H2,1-3H3. The maximum Gasteiger partial charge on any atom is 0.329 e. The summed E-state index contributed by atoms with van der Waals surface area (Å²) in [6, 6.07) is 5.47. The van der Waals surface area contributed by atoms with Crippen LogP contribution in [0.1, 0.15) is 32.2 Å². The van der Waals surface area contributed by atoms with Gasteiger partial charge in [-0.2, -0.15) is 4.39 Å². The lowest BCUT2D eigenvalue weighted by Crippen LogP contribution is -2.32. The molecule has 2 aromatic heterocycles. The summed E-state index contributed by atoms with van der Waals surface area (Å²) < 4.78 is 32.4. The van der Waals surface area contributed by atoms with Crippen molar-refractivity contribution in [2.24, 2.45) is 0 Å². The number of halogens is 2. The predicted molar refractivity (Wildman–Crippen MR) is 126 cm³/mol. The highest BCUT2D eigenvalue weighted by Gasteiger charge is 2.25. The molecule has 0 radical (unpaired) electrons. The largest absolute Gasteiger partial charge is 0.495 e. The minimum atomic E-state index is -0.881. The number of hydrogen-bond donors (Lipinski definition) is 0. The first kappa shape index (κ1) is 25.5. The first-order valence-electron chi connectivity index (χ1n) is 10.8. The van der Waals surface area contributed by atoms with Crippen LogP contribution in [0.4, 0.5) is 4.39 Å². The molecule has 8 nitrogen and oxygen atoms in total. The molecule has 0 aliphatic rings. The first-order chi connectivity index (χ1) is 16.4. The SMILES string of the molecule is CCCCOC(=O)C(CCOC)n1cc(OC)c(-c2cc(Cl)ccc2-n2cnc(F)c2)cc1=O. The zero-order valence-electron chi connectivity index (χ0n) is 19.3. The summed E-state index contributed by atoms with van der Waals surface area (Å²) in [5.41, 5.74) is 1.07. The molecule has 0 aliphatic heterocycles. The highest BCUT2D eigenvalue weighted by Crippen LogP contribution is 2.35. The zero-order chi connectivity index (χ0) is 24.7. The summed E-state index contributed by atoms with van der Waals surface area (Å²) in [4.78, 5) is 29.6. The summed E-state index contributed by atoms with van der Waals surface area (Å²) in [5.74, 6) is -0.835. The number of unbranched alkanes of at least 4 members (excludes halogenated alkanes) is 1. The van der Waals surface area contributed by atoms with E-state index in [1.807, 2.05) is 6.92 Å². The molecular formula is C24H27ClFN3O5. The van der Waals surface area contributed by atoms with Gasteiger partial charge in [0.15, 0.2) is 0 Å². The van der Waals surface area contributed by atoms with Crippen molar-refractivity contribution in [1.29, 1.82) is 0 Å². The molecule has 1 aromatic carbocycles. The first-order valence-corrected chi connectivity index (χ1v) is 11.2. The van der Waals surface area contributed by atoms with Gasteiger partial charge < -0.3 is 18.8 Å². The van der Waals surface area contributed by atoms with E-state index in [1.54, 1.807) is 18.2 Å². The third-order valence-corrected chi connectivity index (χ3v) is 5.52. The normalized spacial score (nSPS) is 11.9. The lowest BCUT2D eigenvalue weighted by Gasteiger charge is -2.21. The van der Waals surface area contributed by atoms with Crippen molar-refractivity contribution >= 4 is 17.6 Å². The Bertz CT molecular complexity index is 1190. The van der Waals surface area contributed by atoms with Crippen LogP contribution in [-0.2, 0) is 14.3 Å². The lowest BCUT2D eigenvalue weighted by molar-refractivity contribution is -0.148. The molecule has 10 heteroatoms. The molecule has 2 heterocycles. The molecule has 0 saturated heterocycles. The van der Waals surface area contributed by atoms with E-state index in [4.69, 9.17) is 25.8 Å². The van der Waals surface area contributed by atoms with Crippen molar-refractivity contribution in [3.05, 3.63) is 64.3 Å². The van der Waals surface area contributed by atoms with Crippen LogP contribution in [0.25, 0.3) is 16.8 Å². The molecular weight excluding hydrogens is 465 g/mol. The average Bonchev–Trinajstić information content (AvgIpc) is 3.26. The van der Waals surface area contributed by atoms with Crippen LogP contribution < -0.4 is 10.3 Å². The summed E-state index contributed by atoms with van der Waals surface area (Å²) in [6.07, 6.45) is 5.86. The lowest BCUT2D eigenvalue weighted by atomic mass is 10.0. The van der Waals surface area contributed by atoms with E-state index in [2.05, 4.69) is 4.98 Å². The van der Waals surface area contributed by atoms with Crippen molar-refractivity contribution in [2.45, 2.75) is 32.2 Å². The molecule has 3 rings (SSSR count). The fourth-order valence-electron chi connectivity index (χ4n) is 3.54. The van der Waals surface area contributed by atoms with Crippen LogP contribution in [0.5, 0.6) is 5.75 Å². The van der Waals surface area contributed by atoms with Crippen molar-refractivity contribution in [3.8, 4) is 22.6 Å². The maximum atomic E-state index is 13.6. The van der Waals surface area contributed by atoms with Crippen molar-refractivity contribution in [3.63, 3.8) is 0 Å². The zero-order valence-corrected chi connectivity index (χ0v) is 20.0. The summed E-state index contributed by atoms with van der Waals surface area (Å²) in [5, 5.41) is 0.419. The van der Waals surface area contributed by atoms with Gasteiger partial charge in [-0.15, -0.1) is 0 Å². The highest BCUT2D eigenvalue weighted by atomic mass is 35.5. The van der Waals surface area contributed by atoms with Gasteiger partial charge in [0.1, 0.15) is 18.1 Å². The molecule has 0 bridgehead atoms. The second-order valence-electron chi connectivity index (χ2n) is 7.58. The molecule has 0 amide bonds. The molecule has 0 N–H and O–H groups in total. The summed E-state index contributed by atoms with van der Waals surface area (Å²) in [6.45, 7) is 2.53. The molecule has 0 aliphatic carbocycles. The summed E-state index contributed by atoms with van der Waals surface area (Å²) >= 11 is 6.24. The third kappa shape index (κ3) is 5.84. The van der Waals surface area contributed by atoms with Gasteiger partial charge in [0.2, 0.25) is 5.95 Å². The molecule has 0 fully saturated rings. The van der Waals surface area contributed by atoms with E-state index in [9.17, 15) is 14.0 Å². The van der Waals surface area contributed by atoms with E-state index in [1.165, 1.54) is 48.1 Å². The maximum absolute atomic E-state index is 13.6. The van der Waals surface area contributed by atoms with Gasteiger partial charge in [0, 0.05) is 42.4 Å². The predicted octanol–water partition coefficient (Wildman–Crippen LogP) is 4.42. The highest BCUT2D eigenvalue weighted by molar-refractivity contribution is 6.31. The number of pyridine rings is 1. The Morgan fingerprint density at radius 2 is 1.97 bits per heavy atom. The number of hydrogen-bond acceptors (Lipinski definition) is 6. The Morgan fingerprint density at radius 1 is 1.18 bits per heavy atom. The van der Waals surface area contributed by atoms with Crippen LogP contribution in [0.2, 0.25) is 5.02 Å². The Balaban J connectivity index is 2.10. The minimum absolute atomic E-state index is 0.251. The molecule has 34 heavy (non-hydrogen) atoms. The number of rotatable bonds is 11. The van der Waals surface area contributed by atoms with Gasteiger partial charge in [-0.1, -0.05) is 24.9 Å². The Labute approximate surface area is 201 Å².